The summed E-state index contributed by atoms with van der Waals surface area (Å²) < 4.78 is 17.6. The molecule has 16 heteroatoms. The van der Waals surface area contributed by atoms with Gasteiger partial charge in [-0.25, -0.2) is 24.4 Å². The Morgan fingerprint density at radius 1 is 1.02 bits per heavy atom. The molecule has 4 heterocycles. The monoisotopic (exact) mass is 802 g/mol. The van der Waals surface area contributed by atoms with Crippen LogP contribution in [0.4, 0.5) is 14.7 Å². The fourth-order valence-electron chi connectivity index (χ4n) is 8.03. The maximum atomic E-state index is 14.6. The number of benzene rings is 1. The molecule has 3 fully saturated rings. The summed E-state index contributed by atoms with van der Waals surface area (Å²) in [5, 5.41) is 21.3. The number of carboxylic acids is 1. The number of alkyl carbamates (subject to hydrolysis) is 1. The van der Waals surface area contributed by atoms with Gasteiger partial charge in [0.1, 0.15) is 41.3 Å². The number of nitrogens with zero attached hydrogens (tertiary/aromatic N) is 3. The molecule has 7 rings (SSSR count). The first-order valence-corrected chi connectivity index (χ1v) is 20.8. The lowest BCUT2D eigenvalue weighted by Crippen LogP contribution is -2.56. The number of ether oxygens (including phenoxy) is 3. The molecule has 2 aromatic heterocycles. The Hall–Kier alpha value is -5.25. The minimum atomic E-state index is -1.47. The number of carbonyl (C=O) groups is 5. The number of amides is 4. The molecular formula is C41H50N6O9S. The van der Waals surface area contributed by atoms with Crippen LogP contribution in [-0.4, -0.2) is 92.4 Å². The highest BCUT2D eigenvalue weighted by Crippen LogP contribution is 2.45. The Morgan fingerprint density at radius 3 is 2.58 bits per heavy atom. The van der Waals surface area contributed by atoms with Gasteiger partial charge in [-0.2, -0.15) is 0 Å². The number of para-hydroxylation sites is 1. The van der Waals surface area contributed by atoms with Gasteiger partial charge in [0.2, 0.25) is 11.8 Å². The molecule has 4 aliphatic rings. The highest BCUT2D eigenvalue weighted by Gasteiger charge is 2.61. The van der Waals surface area contributed by atoms with Crippen molar-refractivity contribution in [2.75, 3.05) is 11.9 Å². The molecule has 1 aromatic carbocycles. The molecule has 57 heavy (non-hydrogen) atoms. The minimum absolute atomic E-state index is 0.00384. The lowest BCUT2D eigenvalue weighted by Gasteiger charge is -2.29. The first-order chi connectivity index (χ1) is 27.4. The van der Waals surface area contributed by atoms with Crippen molar-refractivity contribution in [1.29, 1.82) is 0 Å². The van der Waals surface area contributed by atoms with Gasteiger partial charge in [0, 0.05) is 29.2 Å². The second kappa shape index (κ2) is 17.1. The van der Waals surface area contributed by atoms with E-state index in [4.69, 9.17) is 19.2 Å². The quantitative estimate of drug-likeness (QED) is 0.182. The predicted octanol–water partition coefficient (Wildman–Crippen LogP) is 6.49. The van der Waals surface area contributed by atoms with Gasteiger partial charge < -0.3 is 34.9 Å². The number of aryl methyl sites for hydroxylation is 1. The number of carbonyl (C=O) groups excluding carboxylic acids is 4. The highest BCUT2D eigenvalue weighted by molar-refractivity contribution is 7.14. The van der Waals surface area contributed by atoms with E-state index in [9.17, 15) is 29.1 Å². The van der Waals surface area contributed by atoms with Gasteiger partial charge in [-0.05, 0) is 83.8 Å². The molecule has 1 saturated heterocycles. The Bertz CT molecular complexity index is 2050. The van der Waals surface area contributed by atoms with Gasteiger partial charge in [0.15, 0.2) is 5.13 Å². The number of hydrogen-bond donors (Lipinski definition) is 4. The third-order valence-electron chi connectivity index (χ3n) is 11.1. The average Bonchev–Trinajstić information content (AvgIpc) is 3.59. The lowest BCUT2D eigenvalue weighted by atomic mass is 10.0. The van der Waals surface area contributed by atoms with Crippen LogP contribution in [0.1, 0.15) is 90.0 Å². The fraction of sp³-hybridized carbons (Fsp3) is 0.537. The number of anilines is 1. The molecule has 3 aromatic rings. The summed E-state index contributed by atoms with van der Waals surface area (Å²) in [6.45, 7) is 5.44. The van der Waals surface area contributed by atoms with E-state index < -0.39 is 53.7 Å². The Morgan fingerprint density at radius 2 is 1.81 bits per heavy atom. The zero-order valence-electron chi connectivity index (χ0n) is 32.5. The van der Waals surface area contributed by atoms with Crippen molar-refractivity contribution in [2.45, 2.75) is 127 Å². The molecule has 0 bridgehead atoms. The molecule has 4 N–H and O–H groups in total. The van der Waals surface area contributed by atoms with Crippen LogP contribution in [0.5, 0.6) is 5.75 Å². The van der Waals surface area contributed by atoms with Crippen LogP contribution in [0, 0.1) is 12.8 Å². The summed E-state index contributed by atoms with van der Waals surface area (Å²) >= 11 is 1.22. The van der Waals surface area contributed by atoms with Crippen molar-refractivity contribution in [3.63, 3.8) is 0 Å². The number of aliphatic carboxylic acids is 1. The molecule has 0 radical (unpaired) electrons. The van der Waals surface area contributed by atoms with Crippen LogP contribution in [0.15, 0.2) is 41.8 Å². The lowest BCUT2D eigenvalue weighted by molar-refractivity contribution is -0.145. The van der Waals surface area contributed by atoms with Crippen molar-refractivity contribution in [3.05, 3.63) is 47.4 Å². The number of rotatable bonds is 8. The molecule has 15 nitrogen and oxygen atoms in total. The number of hydrogen-bond acceptors (Lipinski definition) is 11. The third kappa shape index (κ3) is 9.16. The first-order valence-electron chi connectivity index (χ1n) is 19.9. The number of pyridine rings is 1. The molecular weight excluding hydrogens is 753 g/mol. The van der Waals surface area contributed by atoms with Crippen LogP contribution in [0.2, 0.25) is 0 Å². The molecule has 4 amide bonds. The number of fused-ring (bicyclic) bond motifs is 3. The van der Waals surface area contributed by atoms with E-state index in [-0.39, 0.29) is 37.5 Å². The maximum absolute atomic E-state index is 14.6. The number of nitrogens with one attached hydrogen (secondary N) is 3. The van der Waals surface area contributed by atoms with Crippen molar-refractivity contribution >= 4 is 57.3 Å². The van der Waals surface area contributed by atoms with Gasteiger partial charge in [-0.15, -0.1) is 11.3 Å². The molecule has 2 aliphatic carbocycles. The molecule has 0 spiro atoms. The number of aromatic nitrogens is 2. The number of allylic oxidation sites excluding steroid dienone is 1. The fourth-order valence-corrected chi connectivity index (χ4v) is 8.72. The Balaban J connectivity index is 1.18. The summed E-state index contributed by atoms with van der Waals surface area (Å²) in [5.41, 5.74) is 1.05. The van der Waals surface area contributed by atoms with Crippen molar-refractivity contribution in [3.8, 4) is 17.1 Å². The van der Waals surface area contributed by atoms with Gasteiger partial charge >= 0.3 is 18.2 Å². The van der Waals surface area contributed by atoms with Gasteiger partial charge in [-0.3, -0.25) is 14.9 Å². The molecule has 2 saturated carbocycles. The van der Waals surface area contributed by atoms with Gasteiger partial charge in [0.25, 0.3) is 0 Å². The highest BCUT2D eigenvalue weighted by atomic mass is 32.1. The van der Waals surface area contributed by atoms with Crippen LogP contribution in [-0.2, 0) is 23.9 Å². The van der Waals surface area contributed by atoms with E-state index in [0.717, 1.165) is 50.5 Å². The zero-order valence-corrected chi connectivity index (χ0v) is 33.3. The van der Waals surface area contributed by atoms with Gasteiger partial charge in [0.05, 0.1) is 23.9 Å². The molecule has 2 aliphatic heterocycles. The Labute approximate surface area is 334 Å². The zero-order chi connectivity index (χ0) is 40.3. The third-order valence-corrected chi connectivity index (χ3v) is 11.9. The summed E-state index contributed by atoms with van der Waals surface area (Å²) in [5.74, 6) is -2.09. The maximum Gasteiger partial charge on any atom is 0.413 e. The standard InChI is InChI=1S/C41H50N6O9S/c1-23(2)54-40(53)45-38-43-31(22-57-38)30-19-33(28-16-11-12-24(3)34(28)42-30)55-27-18-32-35(48)46-41(37(50)51)20-25(41)13-7-5-4-6-8-17-29(36(49)47(32)21-27)44-39(52)56-26-14-9-10-15-26/h7,11-13,16,19,22-23,25-27,29,32H,4-6,8-10,14-15,17-18,20-21H2,1-3H3,(H,44,52)(H,46,48)(H,50,51)(H,43,45,53)/b13-7-/t25?,27-,29+,32+,41-/m1/s1. The minimum Gasteiger partial charge on any atom is -0.488 e. The summed E-state index contributed by atoms with van der Waals surface area (Å²) in [6, 6.07) is 5.41. The first kappa shape index (κ1) is 40.0. The summed E-state index contributed by atoms with van der Waals surface area (Å²) in [4.78, 5) is 77.6. The number of carboxylic acid groups (broad SMARTS) is 1. The second-order valence-corrected chi connectivity index (χ2v) is 16.6. The Kier molecular flexibility index (Phi) is 12.0. The number of thiazole rings is 1. The predicted molar refractivity (Wildman–Crippen MR) is 212 cm³/mol. The molecule has 304 valence electrons. The van der Waals surface area contributed by atoms with E-state index in [1.165, 1.54) is 16.2 Å². The SMILES string of the molecule is Cc1cccc2c(O[C@@H]3C[C@H]4C(=O)N[C@]5(C(=O)O)CC5/C=C\CCCCC[C@H](NC(=O)OC5CCCC5)C(=O)N4C3)cc(-c3csc(NC(=O)OC(C)C)n3)nc12. The smallest absolute Gasteiger partial charge is 0.413 e. The van der Waals surface area contributed by atoms with E-state index in [1.54, 1.807) is 25.3 Å². The van der Waals surface area contributed by atoms with E-state index in [2.05, 4.69) is 20.9 Å². The van der Waals surface area contributed by atoms with Crippen LogP contribution >= 0.6 is 11.3 Å². The summed E-state index contributed by atoms with van der Waals surface area (Å²) in [6.07, 6.45) is 8.54. The largest absolute Gasteiger partial charge is 0.488 e. The van der Waals surface area contributed by atoms with Crippen LogP contribution in [0.3, 0.4) is 0 Å². The second-order valence-electron chi connectivity index (χ2n) is 15.7. The van der Waals surface area contributed by atoms with E-state index in [1.807, 2.05) is 37.3 Å². The average molecular weight is 803 g/mol. The molecule has 1 unspecified atom stereocenters. The topological polar surface area (TPSA) is 198 Å². The van der Waals surface area contributed by atoms with Gasteiger partial charge in [-0.1, -0.05) is 37.1 Å². The van der Waals surface area contributed by atoms with E-state index >= 15 is 0 Å². The van der Waals surface area contributed by atoms with Crippen LogP contribution in [0.25, 0.3) is 22.3 Å². The van der Waals surface area contributed by atoms with Crippen molar-refractivity contribution in [1.82, 2.24) is 25.5 Å². The summed E-state index contributed by atoms with van der Waals surface area (Å²) in [7, 11) is 0. The normalized spacial score (nSPS) is 26.1. The van der Waals surface area contributed by atoms with Crippen molar-refractivity contribution in [2.24, 2.45) is 5.92 Å². The van der Waals surface area contributed by atoms with Crippen LogP contribution < -0.4 is 20.7 Å². The van der Waals surface area contributed by atoms with Crippen molar-refractivity contribution < 1.29 is 43.3 Å². The van der Waals surface area contributed by atoms with E-state index in [0.29, 0.717) is 46.0 Å². The molecule has 5 atom stereocenters.